The second kappa shape index (κ2) is 6.80. The van der Waals surface area contributed by atoms with E-state index in [0.717, 1.165) is 19.4 Å². The van der Waals surface area contributed by atoms with Crippen LogP contribution in [0.25, 0.3) is 0 Å². The number of fused-ring (bicyclic) bond motifs is 2. The van der Waals surface area contributed by atoms with Gasteiger partial charge in [-0.3, -0.25) is 14.2 Å². The van der Waals surface area contributed by atoms with Crippen molar-refractivity contribution in [3.8, 4) is 0 Å². The maximum absolute atomic E-state index is 12.3. The van der Waals surface area contributed by atoms with Gasteiger partial charge in [-0.2, -0.15) is 13.5 Å². The minimum absolute atomic E-state index is 0.118. The minimum Gasteiger partial charge on any atom is -0.314 e. The predicted molar refractivity (Wildman–Crippen MR) is 78.5 cm³/mol. The summed E-state index contributed by atoms with van der Waals surface area (Å²) in [4.78, 5) is 31.1. The highest BCUT2D eigenvalue weighted by molar-refractivity contribution is 7.80. The van der Waals surface area contributed by atoms with Gasteiger partial charge in [0.05, 0.1) is 12.1 Å². The average molecular weight is 364 g/mol. The number of carbonyl (C=O) groups excluding carboxylic acids is 2. The third kappa shape index (κ3) is 3.78. The minimum atomic E-state index is -4.80. The van der Waals surface area contributed by atoms with E-state index in [4.69, 9.17) is 9.39 Å². The summed E-state index contributed by atoms with van der Waals surface area (Å²) in [6.45, 7) is 1.72. The molecule has 0 saturated carbocycles. The first-order valence-electron chi connectivity index (χ1n) is 7.78. The molecule has 1 unspecified atom stereocenters. The van der Waals surface area contributed by atoms with Gasteiger partial charge in [0.2, 0.25) is 0 Å². The number of hydrogen-bond donors (Lipinski definition) is 3. The maximum Gasteiger partial charge on any atom is 0.418 e. The van der Waals surface area contributed by atoms with E-state index in [-0.39, 0.29) is 12.6 Å². The van der Waals surface area contributed by atoms with Gasteiger partial charge in [0.25, 0.3) is 5.91 Å². The van der Waals surface area contributed by atoms with Crippen molar-refractivity contribution in [3.05, 3.63) is 0 Å². The van der Waals surface area contributed by atoms with E-state index in [2.05, 4.69) is 15.1 Å². The van der Waals surface area contributed by atoms with Crippen molar-refractivity contribution in [2.45, 2.75) is 43.9 Å². The number of piperidine rings is 2. The number of rotatable bonds is 5. The molecule has 3 atom stereocenters. The van der Waals surface area contributed by atoms with Gasteiger partial charge in [-0.05, 0) is 32.2 Å². The Labute approximate surface area is 139 Å². The average Bonchev–Trinajstić information content (AvgIpc) is 2.77. The molecule has 2 bridgehead atoms. The molecule has 0 aromatic heterocycles. The number of hydroxylamine groups is 3. The monoisotopic (exact) mass is 364 g/mol. The lowest BCUT2D eigenvalue weighted by atomic mass is 10.0. The summed E-state index contributed by atoms with van der Waals surface area (Å²) in [5.74, 6) is -0.457. The fraction of sp³-hybridized carbons (Fsp3) is 0.833. The highest BCUT2D eigenvalue weighted by Gasteiger charge is 2.49. The molecule has 0 aliphatic carbocycles. The summed E-state index contributed by atoms with van der Waals surface area (Å²) in [6, 6.07) is -2.05. The molecule has 3 aliphatic heterocycles. The number of amides is 3. The van der Waals surface area contributed by atoms with Crippen molar-refractivity contribution in [1.82, 2.24) is 20.8 Å². The molecule has 3 N–H and O–H groups in total. The van der Waals surface area contributed by atoms with Gasteiger partial charge >= 0.3 is 16.4 Å². The van der Waals surface area contributed by atoms with Crippen LogP contribution < -0.4 is 10.8 Å². The van der Waals surface area contributed by atoms with Gasteiger partial charge in [0.15, 0.2) is 0 Å². The lowest BCUT2D eigenvalue weighted by Crippen LogP contribution is -2.51. The molecule has 3 fully saturated rings. The molecule has 11 nitrogen and oxygen atoms in total. The number of hydrogen-bond acceptors (Lipinski definition) is 7. The van der Waals surface area contributed by atoms with Crippen LogP contribution in [-0.4, -0.2) is 72.7 Å². The SMILES string of the molecule is O=C(NOC1CCCNC1)[C@@H]1CC[C@@H]2CN1C(=O)N2OS(=O)(=O)O. The van der Waals surface area contributed by atoms with Gasteiger partial charge < -0.3 is 10.2 Å². The third-order valence-corrected chi connectivity index (χ3v) is 4.73. The summed E-state index contributed by atoms with van der Waals surface area (Å²) in [6.07, 6.45) is 2.39. The smallest absolute Gasteiger partial charge is 0.314 e. The number of urea groups is 1. The van der Waals surface area contributed by atoms with Crippen LogP contribution in [0.4, 0.5) is 4.79 Å². The summed E-state index contributed by atoms with van der Waals surface area (Å²) in [5, 5.41) is 3.76. The zero-order chi connectivity index (χ0) is 17.3. The van der Waals surface area contributed by atoms with Crippen LogP contribution >= 0.6 is 0 Å². The summed E-state index contributed by atoms with van der Waals surface area (Å²) < 4.78 is 34.7. The Kier molecular flexibility index (Phi) is 4.92. The van der Waals surface area contributed by atoms with Crippen molar-refractivity contribution in [2.75, 3.05) is 19.6 Å². The normalized spacial score (nSPS) is 30.5. The Hall–Kier alpha value is -1.47. The zero-order valence-electron chi connectivity index (χ0n) is 12.9. The molecular formula is C12H20N4O7S. The molecule has 24 heavy (non-hydrogen) atoms. The van der Waals surface area contributed by atoms with Gasteiger partial charge in [-0.15, -0.1) is 4.28 Å². The topological polar surface area (TPSA) is 138 Å². The fourth-order valence-electron chi connectivity index (χ4n) is 3.23. The van der Waals surface area contributed by atoms with E-state index in [1.807, 2.05) is 0 Å². The van der Waals surface area contributed by atoms with Crippen LogP contribution in [0, 0.1) is 0 Å². The quantitative estimate of drug-likeness (QED) is 0.408. The Morgan fingerprint density at radius 3 is 2.79 bits per heavy atom. The van der Waals surface area contributed by atoms with Crippen LogP contribution in [0.3, 0.4) is 0 Å². The summed E-state index contributed by atoms with van der Waals surface area (Å²) in [5.41, 5.74) is 2.39. The highest BCUT2D eigenvalue weighted by Crippen LogP contribution is 2.30. The highest BCUT2D eigenvalue weighted by atomic mass is 32.3. The maximum atomic E-state index is 12.3. The second-order valence-electron chi connectivity index (χ2n) is 6.06. The molecule has 0 radical (unpaired) electrons. The van der Waals surface area contributed by atoms with E-state index in [1.54, 1.807) is 0 Å². The van der Waals surface area contributed by atoms with E-state index in [9.17, 15) is 18.0 Å². The zero-order valence-corrected chi connectivity index (χ0v) is 13.7. The van der Waals surface area contributed by atoms with E-state index in [1.165, 1.54) is 4.90 Å². The van der Waals surface area contributed by atoms with Crippen LogP contribution in [0.2, 0.25) is 0 Å². The van der Waals surface area contributed by atoms with Crippen molar-refractivity contribution >= 4 is 22.3 Å². The molecule has 3 aliphatic rings. The molecule has 0 aromatic carbocycles. The third-order valence-electron chi connectivity index (χ3n) is 4.38. The largest absolute Gasteiger partial charge is 0.418 e. The molecule has 0 spiro atoms. The standard InChI is InChI=1S/C12H20N4O7S/c17-11(14-22-9-2-1-5-13-6-9)10-4-3-8-7-15(10)12(18)16(8)23-24(19,20)21/h8-10,13H,1-7H2,(H,14,17)(H,19,20,21)/t8-,9?,10+/m1/s1. The van der Waals surface area contributed by atoms with Gasteiger partial charge in [0.1, 0.15) is 6.04 Å². The molecular weight excluding hydrogens is 344 g/mol. The van der Waals surface area contributed by atoms with Gasteiger partial charge in [-0.1, -0.05) is 0 Å². The molecule has 12 heteroatoms. The summed E-state index contributed by atoms with van der Waals surface area (Å²) in [7, 11) is -4.80. The first-order chi connectivity index (χ1) is 11.3. The van der Waals surface area contributed by atoms with Crippen molar-refractivity contribution in [2.24, 2.45) is 0 Å². The van der Waals surface area contributed by atoms with Gasteiger partial charge in [0, 0.05) is 13.1 Å². The Balaban J connectivity index is 1.58. The fourth-order valence-corrected chi connectivity index (χ4v) is 3.62. The van der Waals surface area contributed by atoms with Crippen LogP contribution in [0.15, 0.2) is 0 Å². The lowest BCUT2D eigenvalue weighted by molar-refractivity contribution is -0.144. The Morgan fingerprint density at radius 1 is 1.33 bits per heavy atom. The number of nitrogens with zero attached hydrogens (tertiary/aromatic N) is 2. The van der Waals surface area contributed by atoms with Crippen LogP contribution in [0.5, 0.6) is 0 Å². The first-order valence-corrected chi connectivity index (χ1v) is 9.15. The van der Waals surface area contributed by atoms with E-state index in [0.29, 0.717) is 24.4 Å². The van der Waals surface area contributed by atoms with Crippen molar-refractivity contribution in [1.29, 1.82) is 0 Å². The van der Waals surface area contributed by atoms with Crippen LogP contribution in [0.1, 0.15) is 25.7 Å². The van der Waals surface area contributed by atoms with Crippen molar-refractivity contribution < 1.29 is 31.7 Å². The van der Waals surface area contributed by atoms with Crippen molar-refractivity contribution in [3.63, 3.8) is 0 Å². The molecule has 3 amide bonds. The van der Waals surface area contributed by atoms with E-state index >= 15 is 0 Å². The van der Waals surface area contributed by atoms with E-state index < -0.39 is 34.4 Å². The Morgan fingerprint density at radius 2 is 2.12 bits per heavy atom. The predicted octanol–water partition coefficient (Wildman–Crippen LogP) is -1.21. The molecule has 3 heterocycles. The number of carbonyl (C=O) groups is 2. The molecule has 0 aromatic rings. The van der Waals surface area contributed by atoms with Crippen LogP contribution in [-0.2, 0) is 24.3 Å². The first kappa shape index (κ1) is 17.4. The lowest BCUT2D eigenvalue weighted by Gasteiger charge is -2.30. The van der Waals surface area contributed by atoms with Gasteiger partial charge in [-0.25, -0.2) is 10.3 Å². The molecule has 3 rings (SSSR count). The summed E-state index contributed by atoms with van der Waals surface area (Å²) >= 11 is 0. The molecule has 3 saturated heterocycles. The molecule has 136 valence electrons. The number of nitrogens with one attached hydrogen (secondary N) is 2. The Bertz CT molecular complexity index is 607. The second-order valence-corrected chi connectivity index (χ2v) is 7.07.